The van der Waals surface area contributed by atoms with Crippen molar-refractivity contribution in [2.75, 3.05) is 26.2 Å². The molecule has 2 rings (SSSR count). The third-order valence-corrected chi connectivity index (χ3v) is 4.13. The molecule has 0 radical (unpaired) electrons. The Morgan fingerprint density at radius 1 is 1.20 bits per heavy atom. The Morgan fingerprint density at radius 2 is 2.13 bits per heavy atom. The van der Waals surface area contributed by atoms with Crippen LogP contribution in [0.3, 0.4) is 0 Å². The fourth-order valence-electron chi connectivity index (χ4n) is 3.20. The van der Waals surface area contributed by atoms with Crippen molar-refractivity contribution < 1.29 is 0 Å². The van der Waals surface area contributed by atoms with Gasteiger partial charge in [0.2, 0.25) is 0 Å². The maximum absolute atomic E-state index is 3.48. The summed E-state index contributed by atoms with van der Waals surface area (Å²) in [5, 5.41) is 3.48. The smallest absolute Gasteiger partial charge is 0.0232 e. The summed E-state index contributed by atoms with van der Waals surface area (Å²) in [4.78, 5) is 2.75. The van der Waals surface area contributed by atoms with Crippen molar-refractivity contribution >= 4 is 0 Å². The van der Waals surface area contributed by atoms with E-state index < -0.39 is 0 Å². The average Bonchev–Trinajstić information content (AvgIpc) is 2.67. The molecule has 2 heteroatoms. The summed E-state index contributed by atoms with van der Waals surface area (Å²) in [5.74, 6) is 1.02. The largest absolute Gasteiger partial charge is 0.315 e. The third kappa shape index (κ3) is 3.18. The zero-order valence-corrected chi connectivity index (χ0v) is 10.2. The highest BCUT2D eigenvalue weighted by atomic mass is 15.2. The summed E-state index contributed by atoms with van der Waals surface area (Å²) in [6.45, 7) is 7.51. The Hall–Kier alpha value is -0.0800. The van der Waals surface area contributed by atoms with Crippen LogP contribution in [0.2, 0.25) is 0 Å². The minimum Gasteiger partial charge on any atom is -0.315 e. The maximum atomic E-state index is 3.48. The lowest BCUT2D eigenvalue weighted by Crippen LogP contribution is -2.37. The fraction of sp³-hybridized carbons (Fsp3) is 1.00. The van der Waals surface area contributed by atoms with Gasteiger partial charge in [-0.05, 0) is 51.2 Å². The predicted octanol–water partition coefficient (Wildman–Crippen LogP) is 2.25. The second-order valence-electron chi connectivity index (χ2n) is 5.27. The highest BCUT2D eigenvalue weighted by molar-refractivity contribution is 4.82. The zero-order chi connectivity index (χ0) is 10.5. The lowest BCUT2D eigenvalue weighted by Gasteiger charge is -2.26. The Labute approximate surface area is 94.4 Å². The Kier molecular flexibility index (Phi) is 4.45. The van der Waals surface area contributed by atoms with Crippen LogP contribution in [0.1, 0.15) is 45.4 Å². The second kappa shape index (κ2) is 5.86. The molecule has 0 spiro atoms. The van der Waals surface area contributed by atoms with Gasteiger partial charge in [-0.2, -0.15) is 0 Å². The van der Waals surface area contributed by atoms with Gasteiger partial charge in [0.1, 0.15) is 0 Å². The van der Waals surface area contributed by atoms with Gasteiger partial charge in [0, 0.05) is 12.6 Å². The van der Waals surface area contributed by atoms with Gasteiger partial charge in [-0.1, -0.05) is 19.8 Å². The molecule has 0 aromatic carbocycles. The maximum Gasteiger partial charge on any atom is 0.0232 e. The number of rotatable bonds is 3. The molecule has 0 aliphatic carbocycles. The molecule has 2 atom stereocenters. The van der Waals surface area contributed by atoms with E-state index in [9.17, 15) is 0 Å². The zero-order valence-electron chi connectivity index (χ0n) is 10.2. The van der Waals surface area contributed by atoms with Crippen LogP contribution in [-0.2, 0) is 0 Å². The first-order chi connectivity index (χ1) is 7.40. The average molecular weight is 210 g/mol. The Bertz CT molecular complexity index is 175. The van der Waals surface area contributed by atoms with Gasteiger partial charge in [0.25, 0.3) is 0 Å². The standard InChI is InChI=1S/C13H26N2/c1-2-4-12-5-3-9-15(10-7-12)13-6-8-14-11-13/h12-14H,2-11H2,1H3. The number of nitrogens with zero attached hydrogens (tertiary/aromatic N) is 1. The van der Waals surface area contributed by atoms with Crippen LogP contribution in [-0.4, -0.2) is 37.1 Å². The SMILES string of the molecule is CCCC1CCCN(C2CCNC2)CC1. The van der Waals surface area contributed by atoms with E-state index in [0.29, 0.717) is 0 Å². The van der Waals surface area contributed by atoms with Crippen LogP contribution in [0.4, 0.5) is 0 Å². The molecule has 2 aliphatic heterocycles. The van der Waals surface area contributed by atoms with Crippen LogP contribution < -0.4 is 5.32 Å². The minimum atomic E-state index is 0.852. The molecule has 2 fully saturated rings. The molecule has 0 amide bonds. The number of hydrogen-bond acceptors (Lipinski definition) is 2. The summed E-state index contributed by atoms with van der Waals surface area (Å²) < 4.78 is 0. The molecule has 1 N–H and O–H groups in total. The summed E-state index contributed by atoms with van der Waals surface area (Å²) in [6.07, 6.45) is 8.56. The Morgan fingerprint density at radius 3 is 2.87 bits per heavy atom. The van der Waals surface area contributed by atoms with Crippen molar-refractivity contribution in [3.05, 3.63) is 0 Å². The van der Waals surface area contributed by atoms with Gasteiger partial charge < -0.3 is 5.32 Å². The molecular weight excluding hydrogens is 184 g/mol. The van der Waals surface area contributed by atoms with Gasteiger partial charge in [-0.25, -0.2) is 0 Å². The van der Waals surface area contributed by atoms with Gasteiger partial charge in [-0.15, -0.1) is 0 Å². The van der Waals surface area contributed by atoms with E-state index in [1.807, 2.05) is 0 Å². The summed E-state index contributed by atoms with van der Waals surface area (Å²) in [7, 11) is 0. The van der Waals surface area contributed by atoms with Crippen LogP contribution in [0, 0.1) is 5.92 Å². The van der Waals surface area contributed by atoms with E-state index >= 15 is 0 Å². The molecule has 88 valence electrons. The first kappa shape index (κ1) is 11.4. The van der Waals surface area contributed by atoms with Crippen molar-refractivity contribution in [2.24, 2.45) is 5.92 Å². The topological polar surface area (TPSA) is 15.3 Å². The van der Waals surface area contributed by atoms with Gasteiger partial charge >= 0.3 is 0 Å². The summed E-state index contributed by atoms with van der Waals surface area (Å²) >= 11 is 0. The lowest BCUT2D eigenvalue weighted by molar-refractivity contribution is 0.213. The molecule has 2 saturated heterocycles. The molecule has 0 aromatic heterocycles. The number of likely N-dealkylation sites (tertiary alicyclic amines) is 1. The molecular formula is C13H26N2. The van der Waals surface area contributed by atoms with Gasteiger partial charge in [0.05, 0.1) is 0 Å². The van der Waals surface area contributed by atoms with Crippen LogP contribution in [0.15, 0.2) is 0 Å². The number of nitrogens with one attached hydrogen (secondary N) is 1. The van der Waals surface area contributed by atoms with Crippen molar-refractivity contribution in [2.45, 2.75) is 51.5 Å². The first-order valence-electron chi connectivity index (χ1n) is 6.85. The molecule has 0 bridgehead atoms. The van der Waals surface area contributed by atoms with E-state index in [0.717, 1.165) is 12.0 Å². The normalized spacial score (nSPS) is 34.2. The van der Waals surface area contributed by atoms with E-state index in [1.54, 1.807) is 0 Å². The lowest BCUT2D eigenvalue weighted by atomic mass is 9.96. The van der Waals surface area contributed by atoms with Crippen molar-refractivity contribution in [1.82, 2.24) is 10.2 Å². The number of hydrogen-bond donors (Lipinski definition) is 1. The summed E-state index contributed by atoms with van der Waals surface area (Å²) in [6, 6.07) is 0.852. The van der Waals surface area contributed by atoms with Crippen molar-refractivity contribution in [3.8, 4) is 0 Å². The van der Waals surface area contributed by atoms with Crippen LogP contribution in [0.25, 0.3) is 0 Å². The van der Waals surface area contributed by atoms with Gasteiger partial charge in [0.15, 0.2) is 0 Å². The fourth-order valence-corrected chi connectivity index (χ4v) is 3.20. The van der Waals surface area contributed by atoms with Crippen molar-refractivity contribution in [1.29, 1.82) is 0 Å². The minimum absolute atomic E-state index is 0.852. The van der Waals surface area contributed by atoms with Crippen LogP contribution >= 0.6 is 0 Å². The molecule has 2 unspecified atom stereocenters. The Balaban J connectivity index is 1.78. The monoisotopic (exact) mass is 210 g/mol. The van der Waals surface area contributed by atoms with E-state index in [2.05, 4.69) is 17.1 Å². The van der Waals surface area contributed by atoms with E-state index in [4.69, 9.17) is 0 Å². The highest BCUT2D eigenvalue weighted by Crippen LogP contribution is 2.23. The molecule has 0 aromatic rings. The first-order valence-corrected chi connectivity index (χ1v) is 6.85. The molecule has 2 aliphatic rings. The quantitative estimate of drug-likeness (QED) is 0.768. The second-order valence-corrected chi connectivity index (χ2v) is 5.27. The van der Waals surface area contributed by atoms with Gasteiger partial charge in [-0.3, -0.25) is 4.90 Å². The molecule has 2 nitrogen and oxygen atoms in total. The predicted molar refractivity (Wildman–Crippen MR) is 65.1 cm³/mol. The highest BCUT2D eigenvalue weighted by Gasteiger charge is 2.24. The molecule has 15 heavy (non-hydrogen) atoms. The van der Waals surface area contributed by atoms with E-state index in [1.165, 1.54) is 64.7 Å². The molecule has 0 saturated carbocycles. The van der Waals surface area contributed by atoms with Crippen LogP contribution in [0.5, 0.6) is 0 Å². The summed E-state index contributed by atoms with van der Waals surface area (Å²) in [5.41, 5.74) is 0. The third-order valence-electron chi connectivity index (χ3n) is 4.13. The molecule has 2 heterocycles. The van der Waals surface area contributed by atoms with E-state index in [-0.39, 0.29) is 0 Å². The van der Waals surface area contributed by atoms with Crippen molar-refractivity contribution in [3.63, 3.8) is 0 Å².